The number of ether oxygens (including phenoxy) is 4. The van der Waals surface area contributed by atoms with Crippen LogP contribution in [-0.4, -0.2) is 96.7 Å². The zero-order valence-corrected chi connectivity index (χ0v) is 63.1. The second kappa shape index (κ2) is 70.5. The number of carbonyl (C=O) groups excluding carboxylic acids is 4. The van der Waals surface area contributed by atoms with Crippen LogP contribution in [0.15, 0.2) is 48.6 Å². The van der Waals surface area contributed by atoms with E-state index < -0.39 is 97.5 Å². The smallest absolute Gasteiger partial charge is 0.462 e. The number of phosphoric acid groups is 2. The van der Waals surface area contributed by atoms with Gasteiger partial charge in [-0.3, -0.25) is 37.3 Å². The van der Waals surface area contributed by atoms with Crippen molar-refractivity contribution in [1.29, 1.82) is 0 Å². The number of unbranched alkanes of at least 4 members (excludes halogenated alkanes) is 40. The van der Waals surface area contributed by atoms with E-state index in [1.165, 1.54) is 135 Å². The standard InChI is InChI=1S/C77H142O17P2/c1-5-9-13-17-21-25-29-33-35-39-42-46-50-54-58-62-75(80)88-68-73(94-77(82)64-60-56-52-48-44-40-36-34-30-26-22-18-14-10-6-2)70-92-96(85,86)90-66-71(78)65-89-95(83,84)91-69-72(93-76(81)63-59-55-51-47-43-38-32-28-24-20-16-12-8-4)67-87-74(79)61-57-53-49-45-41-37-31-27-23-19-15-11-7-3/h15-16,19-20,27-28,31-32,71-73,78H,5-14,17-18,21-26,29-30,33-70H2,1-4H3,(H,83,84)(H,85,86)/b19-15-,20-16-,31-27-,32-28-. The third-order valence-corrected chi connectivity index (χ3v) is 18.7. The van der Waals surface area contributed by atoms with Gasteiger partial charge < -0.3 is 33.8 Å². The van der Waals surface area contributed by atoms with E-state index >= 15 is 0 Å². The highest BCUT2D eigenvalue weighted by atomic mass is 31.2. The molecular weight excluding hydrogens is 1260 g/mol. The Balaban J connectivity index is 5.31. The number of hydrogen-bond donors (Lipinski definition) is 3. The molecule has 5 atom stereocenters. The Morgan fingerprint density at radius 1 is 0.292 bits per heavy atom. The Morgan fingerprint density at radius 3 is 0.812 bits per heavy atom. The summed E-state index contributed by atoms with van der Waals surface area (Å²) < 4.78 is 68.5. The molecule has 0 amide bonds. The number of aliphatic hydroxyl groups is 1. The van der Waals surface area contributed by atoms with Crippen LogP contribution in [0.3, 0.4) is 0 Å². The molecule has 0 aliphatic heterocycles. The number of rotatable bonds is 74. The second-order valence-corrected chi connectivity index (χ2v) is 29.2. The van der Waals surface area contributed by atoms with Gasteiger partial charge in [-0.1, -0.05) is 307 Å². The van der Waals surface area contributed by atoms with Crippen molar-refractivity contribution in [3.05, 3.63) is 48.6 Å². The Kier molecular flexibility index (Phi) is 68.3. The molecule has 0 aromatic rings. The zero-order valence-electron chi connectivity index (χ0n) is 61.3. The summed E-state index contributed by atoms with van der Waals surface area (Å²) in [6, 6.07) is 0. The van der Waals surface area contributed by atoms with E-state index in [0.717, 1.165) is 148 Å². The molecule has 0 aliphatic rings. The first kappa shape index (κ1) is 93.0. The Morgan fingerprint density at radius 2 is 0.531 bits per heavy atom. The molecule has 0 heterocycles. The predicted molar refractivity (Wildman–Crippen MR) is 390 cm³/mol. The van der Waals surface area contributed by atoms with E-state index in [2.05, 4.69) is 76.3 Å². The molecule has 19 heteroatoms. The second-order valence-electron chi connectivity index (χ2n) is 26.3. The number of aliphatic hydroxyl groups excluding tert-OH is 1. The van der Waals surface area contributed by atoms with Gasteiger partial charge in [-0.2, -0.15) is 0 Å². The first-order valence-corrected chi connectivity index (χ1v) is 41.9. The predicted octanol–water partition coefficient (Wildman–Crippen LogP) is 22.1. The molecule has 0 aliphatic carbocycles. The van der Waals surface area contributed by atoms with Gasteiger partial charge in [0, 0.05) is 25.7 Å². The lowest BCUT2D eigenvalue weighted by Gasteiger charge is -2.21. The summed E-state index contributed by atoms with van der Waals surface area (Å²) in [4.78, 5) is 72.8. The lowest BCUT2D eigenvalue weighted by Crippen LogP contribution is -2.30. The van der Waals surface area contributed by atoms with Crippen LogP contribution in [0, 0.1) is 0 Å². The molecule has 0 rings (SSSR count). The fourth-order valence-corrected chi connectivity index (χ4v) is 12.4. The van der Waals surface area contributed by atoms with Crippen LogP contribution < -0.4 is 0 Å². The van der Waals surface area contributed by atoms with Gasteiger partial charge in [0.2, 0.25) is 0 Å². The van der Waals surface area contributed by atoms with Crippen LogP contribution in [0.25, 0.3) is 0 Å². The molecule has 0 spiro atoms. The van der Waals surface area contributed by atoms with Gasteiger partial charge in [0.1, 0.15) is 19.3 Å². The Labute approximate surface area is 585 Å². The number of esters is 4. The summed E-state index contributed by atoms with van der Waals surface area (Å²) in [5, 5.41) is 10.6. The van der Waals surface area contributed by atoms with E-state index in [4.69, 9.17) is 37.0 Å². The van der Waals surface area contributed by atoms with Crippen molar-refractivity contribution in [2.24, 2.45) is 0 Å². The van der Waals surface area contributed by atoms with Crippen molar-refractivity contribution in [3.8, 4) is 0 Å². The van der Waals surface area contributed by atoms with E-state index in [1.54, 1.807) is 0 Å². The summed E-state index contributed by atoms with van der Waals surface area (Å²) >= 11 is 0. The van der Waals surface area contributed by atoms with Crippen LogP contribution in [0.1, 0.15) is 362 Å². The number of hydrogen-bond acceptors (Lipinski definition) is 15. The highest BCUT2D eigenvalue weighted by Gasteiger charge is 2.30. The van der Waals surface area contributed by atoms with Crippen molar-refractivity contribution in [2.45, 2.75) is 380 Å². The molecule has 0 bridgehead atoms. The minimum atomic E-state index is -4.97. The van der Waals surface area contributed by atoms with Crippen molar-refractivity contribution in [3.63, 3.8) is 0 Å². The summed E-state index contributed by atoms with van der Waals surface area (Å²) in [6.45, 7) is 4.79. The minimum Gasteiger partial charge on any atom is -0.462 e. The molecule has 0 radical (unpaired) electrons. The molecule has 96 heavy (non-hydrogen) atoms. The fourth-order valence-electron chi connectivity index (χ4n) is 10.8. The molecule has 3 N–H and O–H groups in total. The van der Waals surface area contributed by atoms with Gasteiger partial charge in [-0.25, -0.2) is 9.13 Å². The van der Waals surface area contributed by atoms with E-state index in [-0.39, 0.29) is 25.7 Å². The molecule has 0 fully saturated rings. The van der Waals surface area contributed by atoms with E-state index in [0.29, 0.717) is 25.7 Å². The highest BCUT2D eigenvalue weighted by Crippen LogP contribution is 2.45. The van der Waals surface area contributed by atoms with Crippen LogP contribution in [0.2, 0.25) is 0 Å². The molecule has 562 valence electrons. The number of allylic oxidation sites excluding steroid dienone is 8. The van der Waals surface area contributed by atoms with Crippen LogP contribution in [0.4, 0.5) is 0 Å². The topological polar surface area (TPSA) is 237 Å². The summed E-state index contributed by atoms with van der Waals surface area (Å²) in [5.41, 5.74) is 0. The van der Waals surface area contributed by atoms with Gasteiger partial charge in [0.25, 0.3) is 0 Å². The average Bonchev–Trinajstić information content (AvgIpc) is 1.17. The molecular formula is C77H142O17P2. The van der Waals surface area contributed by atoms with E-state index in [1.807, 2.05) is 0 Å². The molecule has 5 unspecified atom stereocenters. The van der Waals surface area contributed by atoms with Crippen molar-refractivity contribution in [1.82, 2.24) is 0 Å². The van der Waals surface area contributed by atoms with Gasteiger partial charge >= 0.3 is 39.5 Å². The largest absolute Gasteiger partial charge is 0.472 e. The summed E-state index contributed by atoms with van der Waals surface area (Å²) in [6.07, 6.45) is 66.7. The average molecular weight is 1400 g/mol. The SMILES string of the molecule is CCC/C=C\C/C=C\CCCCCCCC(=O)OCC(COP(=O)(O)OCC(O)COP(=O)(O)OCC(COC(=O)CCCCCCCCCCCCCCCCC)OC(=O)CCCCCCCCCCCCCCCCC)OC(=O)CCCCCCC/C=C\C/C=C\CCC. The quantitative estimate of drug-likeness (QED) is 0.0169. The van der Waals surface area contributed by atoms with Gasteiger partial charge in [-0.15, -0.1) is 0 Å². The maximum Gasteiger partial charge on any atom is 0.472 e. The van der Waals surface area contributed by atoms with E-state index in [9.17, 15) is 43.2 Å². The molecule has 0 saturated heterocycles. The van der Waals surface area contributed by atoms with Crippen molar-refractivity contribution >= 4 is 39.5 Å². The van der Waals surface area contributed by atoms with Gasteiger partial charge in [-0.05, 0) is 77.0 Å². The van der Waals surface area contributed by atoms with Crippen LogP contribution in [0.5, 0.6) is 0 Å². The van der Waals surface area contributed by atoms with Crippen molar-refractivity contribution < 1.29 is 80.2 Å². The maximum atomic E-state index is 13.1. The first-order valence-electron chi connectivity index (χ1n) is 38.9. The molecule has 0 aromatic heterocycles. The van der Waals surface area contributed by atoms with Crippen molar-refractivity contribution in [2.75, 3.05) is 39.6 Å². The first-order chi connectivity index (χ1) is 46.7. The molecule has 0 saturated carbocycles. The number of phosphoric ester groups is 2. The Bertz CT molecular complexity index is 2010. The van der Waals surface area contributed by atoms with Gasteiger partial charge in [0.15, 0.2) is 12.2 Å². The lowest BCUT2D eigenvalue weighted by atomic mass is 10.0. The summed E-state index contributed by atoms with van der Waals surface area (Å²) in [7, 11) is -9.93. The normalized spacial score (nSPS) is 14.2. The van der Waals surface area contributed by atoms with Gasteiger partial charge in [0.05, 0.1) is 26.4 Å². The lowest BCUT2D eigenvalue weighted by molar-refractivity contribution is -0.161. The fraction of sp³-hybridized carbons (Fsp3) is 0.844. The summed E-state index contributed by atoms with van der Waals surface area (Å²) in [5.74, 6) is -2.17. The third kappa shape index (κ3) is 69.5. The highest BCUT2D eigenvalue weighted by molar-refractivity contribution is 7.47. The monoisotopic (exact) mass is 1400 g/mol. The van der Waals surface area contributed by atoms with Crippen LogP contribution in [-0.2, 0) is 65.4 Å². The van der Waals surface area contributed by atoms with Crippen LogP contribution >= 0.6 is 15.6 Å². The third-order valence-electron chi connectivity index (χ3n) is 16.8. The molecule has 0 aromatic carbocycles. The molecule has 17 nitrogen and oxygen atoms in total. The maximum absolute atomic E-state index is 13.1. The Hall–Kier alpha value is -2.98. The number of carbonyl (C=O) groups is 4. The minimum absolute atomic E-state index is 0.0800. The zero-order chi connectivity index (χ0) is 70.4.